The highest BCUT2D eigenvalue weighted by molar-refractivity contribution is 5.44. The highest BCUT2D eigenvalue weighted by Gasteiger charge is 2.43. The fourth-order valence-electron chi connectivity index (χ4n) is 4.37. The van der Waals surface area contributed by atoms with E-state index in [9.17, 15) is 0 Å². The van der Waals surface area contributed by atoms with Gasteiger partial charge >= 0.3 is 0 Å². The lowest BCUT2D eigenvalue weighted by Gasteiger charge is -2.33. The Bertz CT molecular complexity index is 697. The summed E-state index contributed by atoms with van der Waals surface area (Å²) in [5.41, 5.74) is 2.89. The Hall–Kier alpha value is -1.94. The second kappa shape index (κ2) is 6.52. The molecule has 0 bridgehead atoms. The molecule has 0 aliphatic carbocycles. The van der Waals surface area contributed by atoms with E-state index in [1.54, 1.807) is 0 Å². The number of rotatable bonds is 3. The molecule has 2 saturated heterocycles. The maximum absolute atomic E-state index is 4.70. The zero-order valence-corrected chi connectivity index (χ0v) is 14.6. The van der Waals surface area contributed by atoms with Gasteiger partial charge in [0.1, 0.15) is 11.6 Å². The zero-order chi connectivity index (χ0) is 16.5. The third kappa shape index (κ3) is 2.80. The number of nitrogens with one attached hydrogen (secondary N) is 1. The molecule has 4 nitrogen and oxygen atoms in total. The molecule has 3 heterocycles. The van der Waals surface area contributed by atoms with Crippen LogP contribution in [0.3, 0.4) is 0 Å². The maximum atomic E-state index is 4.70. The second-order valence-corrected chi connectivity index (χ2v) is 7.04. The van der Waals surface area contributed by atoms with Crippen molar-refractivity contribution in [1.29, 1.82) is 0 Å². The third-order valence-corrected chi connectivity index (χ3v) is 5.67. The molecule has 2 aromatic rings. The summed E-state index contributed by atoms with van der Waals surface area (Å²) in [6.45, 7) is 7.44. The van der Waals surface area contributed by atoms with Crippen LogP contribution in [-0.2, 0) is 6.42 Å². The molecule has 24 heavy (non-hydrogen) atoms. The van der Waals surface area contributed by atoms with Crippen molar-refractivity contribution in [2.45, 2.75) is 38.6 Å². The van der Waals surface area contributed by atoms with E-state index in [-0.39, 0.29) is 0 Å². The predicted molar refractivity (Wildman–Crippen MR) is 97.4 cm³/mol. The van der Waals surface area contributed by atoms with Gasteiger partial charge in [-0.3, -0.25) is 0 Å². The standard InChI is InChI=1S/C20H26N4/c1-3-15-4-6-16(7-5-15)18-13-24(19-8-10-21-12-17(18)19)20-9-11-22-14(2)23-20/h4-7,9,11,17-19,21H,3,8,10,12-13H2,1-2H3/t17-,18-,19-/m1/s1. The molecule has 1 aromatic carbocycles. The summed E-state index contributed by atoms with van der Waals surface area (Å²) in [5, 5.41) is 3.60. The predicted octanol–water partition coefficient (Wildman–Crippen LogP) is 2.93. The Morgan fingerprint density at radius 1 is 1.21 bits per heavy atom. The van der Waals surface area contributed by atoms with E-state index >= 15 is 0 Å². The van der Waals surface area contributed by atoms with Crippen molar-refractivity contribution in [3.05, 3.63) is 53.5 Å². The molecule has 0 saturated carbocycles. The maximum Gasteiger partial charge on any atom is 0.132 e. The van der Waals surface area contributed by atoms with E-state index in [2.05, 4.69) is 52.5 Å². The van der Waals surface area contributed by atoms with Crippen molar-refractivity contribution >= 4 is 5.82 Å². The number of piperidine rings is 1. The van der Waals surface area contributed by atoms with Gasteiger partial charge in [-0.1, -0.05) is 31.2 Å². The van der Waals surface area contributed by atoms with E-state index < -0.39 is 0 Å². The minimum atomic E-state index is 0.573. The van der Waals surface area contributed by atoms with E-state index in [1.165, 1.54) is 17.5 Å². The van der Waals surface area contributed by atoms with Crippen molar-refractivity contribution in [2.75, 3.05) is 24.5 Å². The number of nitrogens with zero attached hydrogens (tertiary/aromatic N) is 3. The van der Waals surface area contributed by atoms with Crippen molar-refractivity contribution in [2.24, 2.45) is 5.92 Å². The van der Waals surface area contributed by atoms with Crippen LogP contribution in [0.15, 0.2) is 36.5 Å². The van der Waals surface area contributed by atoms with Crippen LogP contribution in [-0.4, -0.2) is 35.6 Å². The second-order valence-electron chi connectivity index (χ2n) is 7.04. The van der Waals surface area contributed by atoms with E-state index in [0.717, 1.165) is 37.7 Å². The fraction of sp³-hybridized carbons (Fsp3) is 0.500. The summed E-state index contributed by atoms with van der Waals surface area (Å²) in [4.78, 5) is 11.5. The first-order chi connectivity index (χ1) is 11.8. The van der Waals surface area contributed by atoms with Gasteiger partial charge < -0.3 is 10.2 Å². The van der Waals surface area contributed by atoms with Crippen LogP contribution in [0.2, 0.25) is 0 Å². The first-order valence-electron chi connectivity index (χ1n) is 9.12. The normalized spacial score (nSPS) is 26.4. The monoisotopic (exact) mass is 322 g/mol. The van der Waals surface area contributed by atoms with Crippen molar-refractivity contribution in [3.63, 3.8) is 0 Å². The first-order valence-corrected chi connectivity index (χ1v) is 9.12. The fourth-order valence-corrected chi connectivity index (χ4v) is 4.37. The van der Waals surface area contributed by atoms with E-state index in [4.69, 9.17) is 4.98 Å². The van der Waals surface area contributed by atoms with Crippen LogP contribution in [0.5, 0.6) is 0 Å². The van der Waals surface area contributed by atoms with Crippen LogP contribution in [0.4, 0.5) is 5.82 Å². The van der Waals surface area contributed by atoms with Crippen LogP contribution < -0.4 is 10.2 Å². The Labute approximate surface area is 144 Å². The van der Waals surface area contributed by atoms with Crippen LogP contribution in [0, 0.1) is 12.8 Å². The molecule has 2 aliphatic rings. The largest absolute Gasteiger partial charge is 0.352 e. The molecule has 1 N–H and O–H groups in total. The van der Waals surface area contributed by atoms with Gasteiger partial charge in [-0.05, 0) is 43.5 Å². The topological polar surface area (TPSA) is 41.1 Å². The summed E-state index contributed by atoms with van der Waals surface area (Å²) in [6.07, 6.45) is 4.18. The third-order valence-electron chi connectivity index (χ3n) is 5.67. The average molecular weight is 322 g/mol. The molecule has 0 spiro atoms. The van der Waals surface area contributed by atoms with Crippen LogP contribution in [0.1, 0.15) is 36.2 Å². The Kier molecular flexibility index (Phi) is 4.23. The van der Waals surface area contributed by atoms with Gasteiger partial charge in [-0.15, -0.1) is 0 Å². The van der Waals surface area contributed by atoms with E-state index in [0.29, 0.717) is 17.9 Å². The number of hydrogen-bond donors (Lipinski definition) is 1. The van der Waals surface area contributed by atoms with Gasteiger partial charge in [0.15, 0.2) is 0 Å². The molecular weight excluding hydrogens is 296 g/mol. The molecule has 3 atom stereocenters. The average Bonchev–Trinajstić information content (AvgIpc) is 3.01. The quantitative estimate of drug-likeness (QED) is 0.943. The summed E-state index contributed by atoms with van der Waals surface area (Å²) in [7, 11) is 0. The number of aryl methyl sites for hydroxylation is 2. The van der Waals surface area contributed by atoms with E-state index in [1.807, 2.05) is 13.1 Å². The highest BCUT2D eigenvalue weighted by atomic mass is 15.3. The van der Waals surface area contributed by atoms with Gasteiger partial charge in [0.25, 0.3) is 0 Å². The number of benzene rings is 1. The van der Waals surface area contributed by atoms with Crippen LogP contribution in [0.25, 0.3) is 0 Å². The lowest BCUT2D eigenvalue weighted by molar-refractivity contribution is 0.338. The van der Waals surface area contributed by atoms with Crippen molar-refractivity contribution in [1.82, 2.24) is 15.3 Å². The summed E-state index contributed by atoms with van der Waals surface area (Å²) in [5.74, 6) is 3.17. The molecule has 4 heteroatoms. The SMILES string of the molecule is CCc1ccc([C@H]2CN(c3ccnc(C)n3)[C@@H]3CCNC[C@H]23)cc1. The number of anilines is 1. The zero-order valence-electron chi connectivity index (χ0n) is 14.6. The first kappa shape index (κ1) is 15.6. The molecule has 4 rings (SSSR count). The molecular formula is C20H26N4. The van der Waals surface area contributed by atoms with Crippen molar-refractivity contribution in [3.8, 4) is 0 Å². The molecule has 2 fully saturated rings. The van der Waals surface area contributed by atoms with Gasteiger partial charge in [0.2, 0.25) is 0 Å². The summed E-state index contributed by atoms with van der Waals surface area (Å²) in [6, 6.07) is 11.9. The number of hydrogen-bond acceptors (Lipinski definition) is 4. The lowest BCUT2D eigenvalue weighted by Crippen LogP contribution is -2.44. The smallest absolute Gasteiger partial charge is 0.132 e. The lowest BCUT2D eigenvalue weighted by atomic mass is 9.82. The van der Waals surface area contributed by atoms with Crippen LogP contribution >= 0.6 is 0 Å². The van der Waals surface area contributed by atoms with Gasteiger partial charge in [0, 0.05) is 37.2 Å². The van der Waals surface area contributed by atoms with Gasteiger partial charge in [-0.2, -0.15) is 0 Å². The number of aromatic nitrogens is 2. The Morgan fingerprint density at radius 2 is 2.04 bits per heavy atom. The van der Waals surface area contributed by atoms with Crippen molar-refractivity contribution < 1.29 is 0 Å². The summed E-state index contributed by atoms with van der Waals surface area (Å²) >= 11 is 0. The summed E-state index contributed by atoms with van der Waals surface area (Å²) < 4.78 is 0. The molecule has 2 aliphatic heterocycles. The molecule has 126 valence electrons. The Morgan fingerprint density at radius 3 is 2.79 bits per heavy atom. The molecule has 1 aromatic heterocycles. The Balaban J connectivity index is 1.65. The molecule has 0 radical (unpaired) electrons. The van der Waals surface area contributed by atoms with Gasteiger partial charge in [0.05, 0.1) is 0 Å². The molecule has 0 amide bonds. The minimum Gasteiger partial charge on any atom is -0.352 e. The highest BCUT2D eigenvalue weighted by Crippen LogP contribution is 2.41. The van der Waals surface area contributed by atoms with Gasteiger partial charge in [-0.25, -0.2) is 9.97 Å². The minimum absolute atomic E-state index is 0.573. The number of fused-ring (bicyclic) bond motifs is 1. The molecule has 0 unspecified atom stereocenters.